The average Bonchev–Trinajstić information content (AvgIpc) is 2.79. The Labute approximate surface area is 128 Å². The smallest absolute Gasteiger partial charge is 0.243 e. The third kappa shape index (κ3) is 6.58. The Bertz CT molecular complexity index is 434. The first-order chi connectivity index (χ1) is 10.3. The zero-order valence-corrected chi connectivity index (χ0v) is 12.8. The summed E-state index contributed by atoms with van der Waals surface area (Å²) in [4.78, 5) is 14.2. The van der Waals surface area contributed by atoms with Crippen LogP contribution in [0.1, 0.15) is 37.7 Å². The van der Waals surface area contributed by atoms with Gasteiger partial charge < -0.3 is 10.2 Å². The van der Waals surface area contributed by atoms with Crippen LogP contribution in [0.25, 0.3) is 6.08 Å². The van der Waals surface area contributed by atoms with Crippen molar-refractivity contribution >= 4 is 12.0 Å². The fraction of sp³-hybridized carbons (Fsp3) is 0.500. The number of likely N-dealkylation sites (tertiary alicyclic amines) is 1. The van der Waals surface area contributed by atoms with E-state index in [1.807, 2.05) is 36.4 Å². The van der Waals surface area contributed by atoms with Crippen molar-refractivity contribution in [2.24, 2.45) is 0 Å². The summed E-state index contributed by atoms with van der Waals surface area (Å²) >= 11 is 0. The molecule has 1 aromatic carbocycles. The molecule has 21 heavy (non-hydrogen) atoms. The number of nitrogens with zero attached hydrogens (tertiary/aromatic N) is 1. The van der Waals surface area contributed by atoms with Gasteiger partial charge in [-0.05, 0) is 50.5 Å². The Kier molecular flexibility index (Phi) is 7.02. The first-order valence-corrected chi connectivity index (χ1v) is 8.08. The molecule has 0 aliphatic carbocycles. The van der Waals surface area contributed by atoms with Crippen molar-refractivity contribution in [2.45, 2.75) is 32.1 Å². The van der Waals surface area contributed by atoms with E-state index in [0.29, 0.717) is 0 Å². The third-order valence-corrected chi connectivity index (χ3v) is 3.88. The Morgan fingerprint density at radius 1 is 1.10 bits per heavy atom. The normalized spacial score (nSPS) is 16.8. The Morgan fingerprint density at radius 2 is 1.81 bits per heavy atom. The highest BCUT2D eigenvalue weighted by Gasteiger charge is 2.07. The quantitative estimate of drug-likeness (QED) is 0.644. The molecule has 1 fully saturated rings. The van der Waals surface area contributed by atoms with Crippen LogP contribution in [0.3, 0.4) is 0 Å². The van der Waals surface area contributed by atoms with Crippen molar-refractivity contribution in [2.75, 3.05) is 26.2 Å². The highest BCUT2D eigenvalue weighted by atomic mass is 16.1. The molecule has 1 aliphatic heterocycles. The fourth-order valence-electron chi connectivity index (χ4n) is 2.67. The predicted octanol–water partition coefficient (Wildman–Crippen LogP) is 3.08. The van der Waals surface area contributed by atoms with Gasteiger partial charge in [0.15, 0.2) is 0 Å². The molecule has 1 saturated heterocycles. The van der Waals surface area contributed by atoms with E-state index in [1.54, 1.807) is 6.08 Å². The zero-order chi connectivity index (χ0) is 14.8. The molecule has 1 N–H and O–H groups in total. The topological polar surface area (TPSA) is 32.3 Å². The molecule has 0 radical (unpaired) electrons. The number of benzene rings is 1. The van der Waals surface area contributed by atoms with E-state index in [9.17, 15) is 4.79 Å². The van der Waals surface area contributed by atoms with E-state index in [0.717, 1.165) is 25.1 Å². The summed E-state index contributed by atoms with van der Waals surface area (Å²) in [6.07, 6.45) is 9.89. The lowest BCUT2D eigenvalue weighted by atomic mass is 10.2. The van der Waals surface area contributed by atoms with Gasteiger partial charge in [-0.1, -0.05) is 43.2 Å². The number of nitrogens with one attached hydrogen (secondary N) is 1. The monoisotopic (exact) mass is 286 g/mol. The molecule has 114 valence electrons. The number of hydrogen-bond donors (Lipinski definition) is 1. The molecular formula is C18H26N2O. The van der Waals surface area contributed by atoms with Crippen LogP contribution < -0.4 is 5.32 Å². The number of rotatable bonds is 6. The maximum absolute atomic E-state index is 11.7. The van der Waals surface area contributed by atoms with Crippen LogP contribution in [-0.2, 0) is 4.79 Å². The maximum atomic E-state index is 11.7. The number of amides is 1. The first-order valence-electron chi connectivity index (χ1n) is 8.08. The summed E-state index contributed by atoms with van der Waals surface area (Å²) in [5.41, 5.74) is 1.05. The number of hydrogen-bond acceptors (Lipinski definition) is 2. The molecule has 3 nitrogen and oxygen atoms in total. The summed E-state index contributed by atoms with van der Waals surface area (Å²) in [5.74, 6) is -0.00489. The van der Waals surface area contributed by atoms with Crippen molar-refractivity contribution < 1.29 is 4.79 Å². The van der Waals surface area contributed by atoms with Gasteiger partial charge in [0.2, 0.25) is 5.91 Å². The molecule has 0 aromatic heterocycles. The fourth-order valence-corrected chi connectivity index (χ4v) is 2.67. The van der Waals surface area contributed by atoms with Crippen molar-refractivity contribution in [1.29, 1.82) is 0 Å². The molecule has 3 heteroatoms. The lowest BCUT2D eigenvalue weighted by Crippen LogP contribution is -2.29. The number of carbonyl (C=O) groups is 1. The van der Waals surface area contributed by atoms with E-state index >= 15 is 0 Å². The van der Waals surface area contributed by atoms with Gasteiger partial charge in [-0.3, -0.25) is 4.79 Å². The largest absolute Gasteiger partial charge is 0.353 e. The summed E-state index contributed by atoms with van der Waals surface area (Å²) in [6, 6.07) is 9.89. The summed E-state index contributed by atoms with van der Waals surface area (Å²) in [6.45, 7) is 4.31. The number of carbonyl (C=O) groups excluding carboxylic acids is 1. The van der Waals surface area contributed by atoms with Crippen molar-refractivity contribution in [1.82, 2.24) is 10.2 Å². The van der Waals surface area contributed by atoms with Crippen molar-refractivity contribution in [3.63, 3.8) is 0 Å². The summed E-state index contributed by atoms with van der Waals surface area (Å²) < 4.78 is 0. The van der Waals surface area contributed by atoms with E-state index in [-0.39, 0.29) is 5.91 Å². The van der Waals surface area contributed by atoms with Crippen LogP contribution in [0.4, 0.5) is 0 Å². The van der Waals surface area contributed by atoms with Gasteiger partial charge in [0.1, 0.15) is 0 Å². The van der Waals surface area contributed by atoms with Gasteiger partial charge >= 0.3 is 0 Å². The minimum atomic E-state index is -0.00489. The molecule has 1 aliphatic rings. The standard InChI is InChI=1S/C18H26N2O/c21-18(12-11-17-9-4-3-5-10-17)19-13-8-16-20-14-6-1-2-7-15-20/h3-5,9-12H,1-2,6-8,13-16H2,(H,19,21)/b12-11+. The predicted molar refractivity (Wildman–Crippen MR) is 88.0 cm³/mol. The van der Waals surface area contributed by atoms with Gasteiger partial charge in [0, 0.05) is 12.6 Å². The molecule has 2 rings (SSSR count). The van der Waals surface area contributed by atoms with E-state index in [1.165, 1.54) is 38.8 Å². The van der Waals surface area contributed by atoms with Crippen molar-refractivity contribution in [3.8, 4) is 0 Å². The van der Waals surface area contributed by atoms with Gasteiger partial charge in [-0.25, -0.2) is 0 Å². The van der Waals surface area contributed by atoms with Gasteiger partial charge in [-0.15, -0.1) is 0 Å². The molecular weight excluding hydrogens is 260 g/mol. The molecule has 0 spiro atoms. The summed E-state index contributed by atoms with van der Waals surface area (Å²) in [7, 11) is 0. The second-order valence-electron chi connectivity index (χ2n) is 5.64. The van der Waals surface area contributed by atoms with Gasteiger partial charge in [0.25, 0.3) is 0 Å². The Hall–Kier alpha value is -1.61. The molecule has 1 heterocycles. The minimum Gasteiger partial charge on any atom is -0.353 e. The highest BCUT2D eigenvalue weighted by Crippen LogP contribution is 2.09. The SMILES string of the molecule is O=C(/C=C/c1ccccc1)NCCCN1CCCCCC1. The summed E-state index contributed by atoms with van der Waals surface area (Å²) in [5, 5.41) is 2.96. The molecule has 1 amide bonds. The molecule has 1 aromatic rings. The zero-order valence-electron chi connectivity index (χ0n) is 12.8. The van der Waals surface area contributed by atoms with Crippen LogP contribution in [0.2, 0.25) is 0 Å². The molecule has 0 atom stereocenters. The van der Waals surface area contributed by atoms with E-state index < -0.39 is 0 Å². The van der Waals surface area contributed by atoms with Crippen LogP contribution in [-0.4, -0.2) is 37.0 Å². The Morgan fingerprint density at radius 3 is 2.52 bits per heavy atom. The second-order valence-corrected chi connectivity index (χ2v) is 5.64. The van der Waals surface area contributed by atoms with Gasteiger partial charge in [0.05, 0.1) is 0 Å². The third-order valence-electron chi connectivity index (χ3n) is 3.88. The second kappa shape index (κ2) is 9.35. The van der Waals surface area contributed by atoms with E-state index in [4.69, 9.17) is 0 Å². The van der Waals surface area contributed by atoms with Crippen LogP contribution in [0.5, 0.6) is 0 Å². The molecule has 0 unspecified atom stereocenters. The Balaban J connectivity index is 1.59. The van der Waals surface area contributed by atoms with E-state index in [2.05, 4.69) is 10.2 Å². The average molecular weight is 286 g/mol. The van der Waals surface area contributed by atoms with Gasteiger partial charge in [-0.2, -0.15) is 0 Å². The van der Waals surface area contributed by atoms with Crippen LogP contribution in [0, 0.1) is 0 Å². The van der Waals surface area contributed by atoms with Crippen molar-refractivity contribution in [3.05, 3.63) is 42.0 Å². The first kappa shape index (κ1) is 15.8. The lowest BCUT2D eigenvalue weighted by Gasteiger charge is -2.19. The molecule has 0 saturated carbocycles. The molecule has 0 bridgehead atoms. The highest BCUT2D eigenvalue weighted by molar-refractivity contribution is 5.91. The lowest BCUT2D eigenvalue weighted by molar-refractivity contribution is -0.116. The van der Waals surface area contributed by atoms with Crippen LogP contribution in [0.15, 0.2) is 36.4 Å². The maximum Gasteiger partial charge on any atom is 0.243 e. The van der Waals surface area contributed by atoms with Crippen LogP contribution >= 0.6 is 0 Å². The minimum absolute atomic E-state index is 0.00489.